The van der Waals surface area contributed by atoms with Gasteiger partial charge in [-0.05, 0) is 48.5 Å². The van der Waals surface area contributed by atoms with Gasteiger partial charge >= 0.3 is 0 Å². The van der Waals surface area contributed by atoms with Crippen molar-refractivity contribution in [2.45, 2.75) is 6.61 Å². The maximum atomic E-state index is 12.6. The lowest BCUT2D eigenvalue weighted by Gasteiger charge is -2.11. The summed E-state index contributed by atoms with van der Waals surface area (Å²) in [5.74, 6) is 0.254. The zero-order chi connectivity index (χ0) is 18.6. The molecule has 0 atom stereocenters. The monoisotopic (exact) mass is 377 g/mol. The van der Waals surface area contributed by atoms with Crippen molar-refractivity contribution in [1.29, 1.82) is 0 Å². The van der Waals surface area contributed by atoms with Crippen molar-refractivity contribution in [3.63, 3.8) is 0 Å². The number of hydrogen-bond donors (Lipinski definition) is 1. The van der Waals surface area contributed by atoms with Crippen LogP contribution in [0.15, 0.2) is 79.1 Å². The lowest BCUT2D eigenvalue weighted by molar-refractivity contribution is 0.102. The Morgan fingerprint density at radius 3 is 2.63 bits per heavy atom. The third kappa shape index (κ3) is 3.93. The molecule has 6 heteroatoms. The number of aromatic nitrogens is 2. The number of ether oxygens (including phenoxy) is 1. The predicted molar refractivity (Wildman–Crippen MR) is 105 cm³/mol. The van der Waals surface area contributed by atoms with E-state index in [4.69, 9.17) is 16.3 Å². The van der Waals surface area contributed by atoms with E-state index in [1.165, 1.54) is 0 Å². The lowest BCUT2D eigenvalue weighted by atomic mass is 10.2. The smallest absolute Gasteiger partial charge is 0.259 e. The molecule has 0 saturated heterocycles. The molecule has 2 aromatic heterocycles. The van der Waals surface area contributed by atoms with E-state index in [0.717, 1.165) is 11.3 Å². The van der Waals surface area contributed by atoms with E-state index in [1.54, 1.807) is 42.5 Å². The van der Waals surface area contributed by atoms with E-state index in [2.05, 4.69) is 10.3 Å². The molecule has 0 radical (unpaired) electrons. The Balaban J connectivity index is 1.50. The number of rotatable bonds is 5. The second kappa shape index (κ2) is 7.51. The lowest BCUT2D eigenvalue weighted by Crippen LogP contribution is -2.13. The summed E-state index contributed by atoms with van der Waals surface area (Å²) in [6, 6.07) is 19.9. The van der Waals surface area contributed by atoms with E-state index in [0.29, 0.717) is 22.0 Å². The average Bonchev–Trinajstić information content (AvgIpc) is 3.11. The molecule has 1 N–H and O–H groups in total. The van der Waals surface area contributed by atoms with Crippen LogP contribution in [-0.2, 0) is 6.61 Å². The Morgan fingerprint density at radius 1 is 1.04 bits per heavy atom. The summed E-state index contributed by atoms with van der Waals surface area (Å²) in [5, 5.41) is 3.46. The maximum absolute atomic E-state index is 12.6. The van der Waals surface area contributed by atoms with Gasteiger partial charge < -0.3 is 14.5 Å². The largest absolute Gasteiger partial charge is 0.486 e. The van der Waals surface area contributed by atoms with Crippen LogP contribution < -0.4 is 10.1 Å². The number of carbonyl (C=O) groups excluding carboxylic acids is 1. The van der Waals surface area contributed by atoms with Gasteiger partial charge in [-0.3, -0.25) is 4.79 Å². The summed E-state index contributed by atoms with van der Waals surface area (Å²) < 4.78 is 7.80. The second-order valence-corrected chi connectivity index (χ2v) is 6.38. The van der Waals surface area contributed by atoms with Crippen molar-refractivity contribution >= 4 is 28.8 Å². The van der Waals surface area contributed by atoms with Crippen molar-refractivity contribution in [2.24, 2.45) is 0 Å². The molecule has 0 fully saturated rings. The minimum atomic E-state index is -0.247. The SMILES string of the molecule is O=C(Nc1ccc(Cl)cc1)c1ccccc1OCc1cn2ccccc2n1. The van der Waals surface area contributed by atoms with Crippen LogP contribution in [0.25, 0.3) is 5.65 Å². The van der Waals surface area contributed by atoms with Crippen LogP contribution >= 0.6 is 11.6 Å². The van der Waals surface area contributed by atoms with Gasteiger partial charge in [0.1, 0.15) is 18.0 Å². The van der Waals surface area contributed by atoms with Gasteiger partial charge in [-0.15, -0.1) is 0 Å². The number of benzene rings is 2. The van der Waals surface area contributed by atoms with E-state index in [9.17, 15) is 4.79 Å². The van der Waals surface area contributed by atoms with Gasteiger partial charge in [0.25, 0.3) is 5.91 Å². The van der Waals surface area contributed by atoms with E-state index in [1.807, 2.05) is 41.1 Å². The van der Waals surface area contributed by atoms with E-state index < -0.39 is 0 Å². The molecule has 134 valence electrons. The maximum Gasteiger partial charge on any atom is 0.259 e. The van der Waals surface area contributed by atoms with Gasteiger partial charge in [-0.25, -0.2) is 4.98 Å². The van der Waals surface area contributed by atoms with Crippen LogP contribution in [0.4, 0.5) is 5.69 Å². The Labute approximate surface area is 161 Å². The first-order valence-corrected chi connectivity index (χ1v) is 8.78. The molecule has 0 aliphatic carbocycles. The van der Waals surface area contributed by atoms with E-state index in [-0.39, 0.29) is 12.5 Å². The summed E-state index contributed by atoms with van der Waals surface area (Å²) >= 11 is 5.88. The molecule has 27 heavy (non-hydrogen) atoms. The topological polar surface area (TPSA) is 55.6 Å². The third-order valence-electron chi connectivity index (χ3n) is 4.02. The van der Waals surface area contributed by atoms with Gasteiger partial charge in [0.2, 0.25) is 0 Å². The number of imidazole rings is 1. The highest BCUT2D eigenvalue weighted by atomic mass is 35.5. The zero-order valence-corrected chi connectivity index (χ0v) is 15.1. The van der Waals surface area contributed by atoms with Gasteiger partial charge in [0.15, 0.2) is 0 Å². The molecule has 2 aromatic carbocycles. The fourth-order valence-electron chi connectivity index (χ4n) is 2.72. The Kier molecular flexibility index (Phi) is 4.77. The molecule has 0 aliphatic rings. The summed E-state index contributed by atoms with van der Waals surface area (Å²) in [6.45, 7) is 0.271. The summed E-state index contributed by atoms with van der Waals surface area (Å²) in [6.07, 6.45) is 3.84. The number of fused-ring (bicyclic) bond motifs is 1. The molecular formula is C21H16ClN3O2. The number of pyridine rings is 1. The van der Waals surface area contributed by atoms with Crippen molar-refractivity contribution in [3.05, 3.63) is 95.4 Å². The Bertz CT molecular complexity index is 1060. The number of amides is 1. The molecule has 4 rings (SSSR count). The van der Waals surface area contributed by atoms with E-state index >= 15 is 0 Å². The minimum Gasteiger partial charge on any atom is -0.486 e. The van der Waals surface area contributed by atoms with Crippen LogP contribution in [0.2, 0.25) is 5.02 Å². The fourth-order valence-corrected chi connectivity index (χ4v) is 2.85. The number of carbonyl (C=O) groups is 1. The summed E-state index contributed by atoms with van der Waals surface area (Å²) in [7, 11) is 0. The highest BCUT2D eigenvalue weighted by Gasteiger charge is 2.13. The highest BCUT2D eigenvalue weighted by Crippen LogP contribution is 2.22. The van der Waals surface area contributed by atoms with Gasteiger partial charge in [-0.2, -0.15) is 0 Å². The van der Waals surface area contributed by atoms with Crippen LogP contribution in [0, 0.1) is 0 Å². The molecule has 5 nitrogen and oxygen atoms in total. The molecule has 4 aromatic rings. The second-order valence-electron chi connectivity index (χ2n) is 5.94. The van der Waals surface area contributed by atoms with Crippen molar-refractivity contribution < 1.29 is 9.53 Å². The van der Waals surface area contributed by atoms with Crippen molar-refractivity contribution in [3.8, 4) is 5.75 Å². The number of anilines is 1. The molecular weight excluding hydrogens is 362 g/mol. The number of hydrogen-bond acceptors (Lipinski definition) is 3. The number of nitrogens with zero attached hydrogens (tertiary/aromatic N) is 2. The summed E-state index contributed by atoms with van der Waals surface area (Å²) in [4.78, 5) is 17.1. The minimum absolute atomic E-state index is 0.247. The normalized spacial score (nSPS) is 10.7. The zero-order valence-electron chi connectivity index (χ0n) is 14.3. The van der Waals surface area contributed by atoms with Crippen LogP contribution in [0.5, 0.6) is 5.75 Å². The Hall–Kier alpha value is -3.31. The number of para-hydroxylation sites is 1. The molecule has 0 aliphatic heterocycles. The average molecular weight is 378 g/mol. The van der Waals surface area contributed by atoms with Gasteiger partial charge in [0.05, 0.1) is 11.3 Å². The van der Waals surface area contributed by atoms with Crippen LogP contribution in [-0.4, -0.2) is 15.3 Å². The van der Waals surface area contributed by atoms with Crippen LogP contribution in [0.1, 0.15) is 16.1 Å². The first kappa shape index (κ1) is 17.1. The molecule has 0 unspecified atom stereocenters. The first-order chi connectivity index (χ1) is 13.2. The standard InChI is InChI=1S/C21H16ClN3O2/c22-15-8-10-16(11-9-15)24-21(26)18-5-1-2-6-19(18)27-14-17-13-25-12-4-3-7-20(25)23-17/h1-13H,14H2,(H,24,26). The molecule has 2 heterocycles. The van der Waals surface area contributed by atoms with Gasteiger partial charge in [-0.1, -0.05) is 29.8 Å². The van der Waals surface area contributed by atoms with Crippen LogP contribution in [0.3, 0.4) is 0 Å². The summed E-state index contributed by atoms with van der Waals surface area (Å²) in [5.41, 5.74) is 2.76. The fraction of sp³-hybridized carbons (Fsp3) is 0.0476. The first-order valence-electron chi connectivity index (χ1n) is 8.40. The highest BCUT2D eigenvalue weighted by molar-refractivity contribution is 6.30. The number of halogens is 1. The van der Waals surface area contributed by atoms with Crippen molar-refractivity contribution in [1.82, 2.24) is 9.38 Å². The molecule has 0 saturated carbocycles. The number of nitrogens with one attached hydrogen (secondary N) is 1. The predicted octanol–water partition coefficient (Wildman–Crippen LogP) is 4.82. The van der Waals surface area contributed by atoms with Gasteiger partial charge in [0, 0.05) is 23.1 Å². The molecule has 0 spiro atoms. The quantitative estimate of drug-likeness (QED) is 0.542. The van der Waals surface area contributed by atoms with Crippen molar-refractivity contribution in [2.75, 3.05) is 5.32 Å². The Morgan fingerprint density at radius 2 is 1.81 bits per heavy atom. The third-order valence-corrected chi connectivity index (χ3v) is 4.28. The molecule has 0 bridgehead atoms. The molecule has 1 amide bonds.